The first-order valence-corrected chi connectivity index (χ1v) is 3.87. The lowest BCUT2D eigenvalue weighted by Crippen LogP contribution is -2.06. The monoisotopic (exact) mass is 270 g/mol. The quantitative estimate of drug-likeness (QED) is 0.507. The summed E-state index contributed by atoms with van der Waals surface area (Å²) in [5.41, 5.74) is 0. The summed E-state index contributed by atoms with van der Waals surface area (Å²) in [7, 11) is 0. The van der Waals surface area contributed by atoms with Gasteiger partial charge in [0.25, 0.3) is 0 Å². The van der Waals surface area contributed by atoms with E-state index in [1.54, 1.807) is 22.6 Å². The maximum Gasteiger partial charge on any atom is 0.426 e. The molecule has 0 unspecified atom stereocenters. The Morgan fingerprint density at radius 2 is 2.00 bits per heavy atom. The van der Waals surface area contributed by atoms with Gasteiger partial charge in [0, 0.05) is 4.43 Å². The second-order valence-corrected chi connectivity index (χ2v) is 2.49. The molecule has 0 aliphatic heterocycles. The minimum atomic E-state index is -4.37. The number of rotatable bonds is 1. The van der Waals surface area contributed by atoms with Gasteiger partial charge in [-0.1, -0.05) is 40.3 Å². The van der Waals surface area contributed by atoms with Crippen molar-refractivity contribution in [2.75, 3.05) is 4.43 Å². The fourth-order valence-electron chi connectivity index (χ4n) is 0.183. The highest BCUT2D eigenvalue weighted by Crippen LogP contribution is 2.28. The third-order valence-corrected chi connectivity index (χ3v) is 1.34. The second-order valence-electron chi connectivity index (χ2n) is 1.20. The van der Waals surface area contributed by atoms with Gasteiger partial charge in [0.2, 0.25) is 0 Å². The molecule has 5 heteroatoms. The summed E-state index contributed by atoms with van der Waals surface area (Å²) < 4.78 is 34.6. The van der Waals surface area contributed by atoms with E-state index in [0.29, 0.717) is 0 Å². The predicted molar refractivity (Wildman–Crippen MR) is 38.9 cm³/mol. The molecule has 0 aliphatic rings. The van der Waals surface area contributed by atoms with Crippen LogP contribution in [0, 0.1) is 0 Å². The second kappa shape index (κ2) is 3.65. The summed E-state index contributed by atoms with van der Waals surface area (Å²) in [6.45, 7) is 0. The van der Waals surface area contributed by atoms with Crippen LogP contribution in [0.3, 0.4) is 0 Å². The summed E-state index contributed by atoms with van der Waals surface area (Å²) >= 11 is 6.57. The molecule has 0 saturated heterocycles. The van der Waals surface area contributed by atoms with Crippen LogP contribution < -0.4 is 0 Å². The van der Waals surface area contributed by atoms with Crippen molar-refractivity contribution in [2.24, 2.45) is 0 Å². The molecule has 0 bridgehead atoms. The molecule has 0 heterocycles. The molecule has 9 heavy (non-hydrogen) atoms. The molecule has 0 aliphatic carbocycles. The van der Waals surface area contributed by atoms with Crippen LogP contribution in [0.25, 0.3) is 0 Å². The van der Waals surface area contributed by atoms with E-state index in [-0.39, 0.29) is 4.43 Å². The molecule has 0 N–H and O–H groups in total. The minimum absolute atomic E-state index is 0.274. The van der Waals surface area contributed by atoms with Crippen LogP contribution in [0.5, 0.6) is 0 Å². The summed E-state index contributed by atoms with van der Waals surface area (Å²) in [5.74, 6) is 0. The Kier molecular flexibility index (Phi) is 3.88. The van der Waals surface area contributed by atoms with E-state index in [2.05, 4.69) is 0 Å². The number of halogens is 5. The Hall–Kier alpha value is 0.550. The molecule has 0 saturated carbocycles. The smallest absolute Gasteiger partial charge is 0.165 e. The average molecular weight is 270 g/mol. The van der Waals surface area contributed by atoms with Gasteiger partial charge in [-0.15, -0.1) is 0 Å². The lowest BCUT2D eigenvalue weighted by Gasteiger charge is -2.01. The highest BCUT2D eigenvalue weighted by atomic mass is 127. The number of hydrogen-bond acceptors (Lipinski definition) is 0. The predicted octanol–water partition coefficient (Wildman–Crippen LogP) is 3.11. The van der Waals surface area contributed by atoms with Crippen molar-refractivity contribution in [3.63, 3.8) is 0 Å². The molecule has 0 aromatic carbocycles. The third kappa shape index (κ3) is 4.02. The zero-order valence-corrected chi connectivity index (χ0v) is 7.09. The van der Waals surface area contributed by atoms with E-state index in [0.717, 1.165) is 6.08 Å². The third-order valence-electron chi connectivity index (χ3n) is 0.527. The zero-order valence-electron chi connectivity index (χ0n) is 4.17. The molecule has 0 rings (SSSR count). The van der Waals surface area contributed by atoms with Crippen molar-refractivity contribution >= 4 is 34.2 Å². The first-order chi connectivity index (χ1) is 3.98. The van der Waals surface area contributed by atoms with E-state index in [1.807, 2.05) is 0 Å². The Bertz CT molecular complexity index is 117. The van der Waals surface area contributed by atoms with Crippen molar-refractivity contribution in [3.8, 4) is 0 Å². The summed E-state index contributed by atoms with van der Waals surface area (Å²) in [5, 5.41) is -1.04. The highest BCUT2D eigenvalue weighted by Gasteiger charge is 2.31. The molecule has 0 atom stereocenters. The van der Waals surface area contributed by atoms with Crippen molar-refractivity contribution in [2.45, 2.75) is 6.18 Å². The first-order valence-electron chi connectivity index (χ1n) is 1.97. The molecular formula is C4H3ClF3I. The van der Waals surface area contributed by atoms with Crippen LogP contribution in [-0.4, -0.2) is 10.6 Å². The Morgan fingerprint density at radius 3 is 2.11 bits per heavy atom. The van der Waals surface area contributed by atoms with Crippen LogP contribution >= 0.6 is 34.2 Å². The van der Waals surface area contributed by atoms with E-state index in [1.165, 1.54) is 0 Å². The Labute approximate surface area is 69.2 Å². The molecular weight excluding hydrogens is 267 g/mol. The zero-order chi connectivity index (χ0) is 7.49. The van der Waals surface area contributed by atoms with Crippen molar-refractivity contribution in [1.29, 1.82) is 0 Å². The Balaban J connectivity index is 4.03. The van der Waals surface area contributed by atoms with E-state index >= 15 is 0 Å². The van der Waals surface area contributed by atoms with Crippen LogP contribution in [0.2, 0.25) is 0 Å². The molecule has 0 nitrogen and oxygen atoms in total. The molecule has 0 fully saturated rings. The van der Waals surface area contributed by atoms with Crippen LogP contribution in [0.1, 0.15) is 0 Å². The SMILES string of the molecule is FC(F)(F)/C(Cl)=C/CI. The Morgan fingerprint density at radius 1 is 1.56 bits per heavy atom. The molecule has 0 aromatic rings. The number of alkyl halides is 4. The summed E-state index contributed by atoms with van der Waals surface area (Å²) in [4.78, 5) is 0. The van der Waals surface area contributed by atoms with Gasteiger partial charge in [-0.2, -0.15) is 13.2 Å². The number of hydrogen-bond donors (Lipinski definition) is 0. The van der Waals surface area contributed by atoms with Crippen molar-refractivity contribution in [1.82, 2.24) is 0 Å². The van der Waals surface area contributed by atoms with Gasteiger partial charge in [-0.25, -0.2) is 0 Å². The lowest BCUT2D eigenvalue weighted by molar-refractivity contribution is -0.0845. The maximum absolute atomic E-state index is 11.4. The maximum atomic E-state index is 11.4. The average Bonchev–Trinajstić information content (AvgIpc) is 1.64. The standard InChI is InChI=1S/C4H3ClF3I/c5-3(1-2-9)4(6,7)8/h1H,2H2/b3-1-. The van der Waals surface area contributed by atoms with Gasteiger partial charge in [-0.3, -0.25) is 0 Å². The topological polar surface area (TPSA) is 0 Å². The summed E-state index contributed by atoms with van der Waals surface area (Å²) in [6.07, 6.45) is -3.45. The molecule has 0 radical (unpaired) electrons. The fraction of sp³-hybridized carbons (Fsp3) is 0.500. The minimum Gasteiger partial charge on any atom is -0.165 e. The first kappa shape index (κ1) is 9.55. The van der Waals surface area contributed by atoms with Gasteiger partial charge in [0.1, 0.15) is 5.03 Å². The van der Waals surface area contributed by atoms with Gasteiger partial charge < -0.3 is 0 Å². The van der Waals surface area contributed by atoms with Gasteiger partial charge in [0.05, 0.1) is 0 Å². The van der Waals surface area contributed by atoms with E-state index in [4.69, 9.17) is 11.6 Å². The fourth-order valence-corrected chi connectivity index (χ4v) is 0.961. The molecule has 0 aromatic heterocycles. The van der Waals surface area contributed by atoms with Crippen molar-refractivity contribution < 1.29 is 13.2 Å². The normalized spacial score (nSPS) is 14.1. The summed E-state index contributed by atoms with van der Waals surface area (Å²) in [6, 6.07) is 0. The molecule has 0 spiro atoms. The van der Waals surface area contributed by atoms with Gasteiger partial charge in [0.15, 0.2) is 0 Å². The van der Waals surface area contributed by atoms with Gasteiger partial charge in [-0.05, 0) is 0 Å². The lowest BCUT2D eigenvalue weighted by atomic mass is 10.5. The van der Waals surface area contributed by atoms with E-state index in [9.17, 15) is 13.2 Å². The molecule has 54 valence electrons. The van der Waals surface area contributed by atoms with Crippen LogP contribution in [-0.2, 0) is 0 Å². The van der Waals surface area contributed by atoms with Crippen LogP contribution in [0.4, 0.5) is 13.2 Å². The number of allylic oxidation sites excluding steroid dienone is 2. The van der Waals surface area contributed by atoms with Gasteiger partial charge >= 0.3 is 6.18 Å². The van der Waals surface area contributed by atoms with Crippen molar-refractivity contribution in [3.05, 3.63) is 11.1 Å². The molecule has 0 amide bonds. The van der Waals surface area contributed by atoms with E-state index < -0.39 is 11.2 Å². The largest absolute Gasteiger partial charge is 0.426 e. The highest BCUT2D eigenvalue weighted by molar-refractivity contribution is 14.1. The van der Waals surface area contributed by atoms with Crippen LogP contribution in [0.15, 0.2) is 11.1 Å².